The van der Waals surface area contributed by atoms with E-state index in [1.165, 1.54) is 7.05 Å². The van der Waals surface area contributed by atoms with Gasteiger partial charge in [0, 0.05) is 24.8 Å². The van der Waals surface area contributed by atoms with Crippen LogP contribution in [0, 0.1) is 0 Å². The maximum Gasteiger partial charge on any atom is 0.242 e. The first-order chi connectivity index (χ1) is 9.85. The van der Waals surface area contributed by atoms with Crippen molar-refractivity contribution in [2.75, 3.05) is 44.9 Å². The first-order valence-electron chi connectivity index (χ1n) is 7.09. The summed E-state index contributed by atoms with van der Waals surface area (Å²) in [4.78, 5) is 4.62. The lowest BCUT2D eigenvalue weighted by atomic mass is 10.2. The van der Waals surface area contributed by atoms with E-state index in [1.807, 2.05) is 6.07 Å². The Morgan fingerprint density at radius 3 is 2.71 bits per heavy atom. The summed E-state index contributed by atoms with van der Waals surface area (Å²) in [5.41, 5.74) is 7.22. The Morgan fingerprint density at radius 2 is 2.14 bits per heavy atom. The zero-order chi connectivity index (χ0) is 15.6. The zero-order valence-electron chi connectivity index (χ0n) is 12.8. The van der Waals surface area contributed by atoms with Gasteiger partial charge in [0.15, 0.2) is 0 Å². The van der Waals surface area contributed by atoms with Gasteiger partial charge in [-0.15, -0.1) is 0 Å². The van der Waals surface area contributed by atoms with E-state index in [0.717, 1.165) is 31.6 Å². The molecule has 0 radical (unpaired) electrons. The molecule has 3 N–H and O–H groups in total. The van der Waals surface area contributed by atoms with Crippen LogP contribution in [-0.2, 0) is 10.0 Å². The Labute approximate surface area is 127 Å². The molecular formula is C14H24N4O2S. The second-order valence-corrected chi connectivity index (χ2v) is 7.54. The van der Waals surface area contributed by atoms with Gasteiger partial charge in [-0.2, -0.15) is 0 Å². The summed E-state index contributed by atoms with van der Waals surface area (Å²) in [6.45, 7) is 1.96. The van der Waals surface area contributed by atoms with Crippen LogP contribution in [-0.4, -0.2) is 53.6 Å². The average molecular weight is 312 g/mol. The molecule has 1 fully saturated rings. The first kappa shape index (κ1) is 16.1. The Kier molecular flexibility index (Phi) is 4.75. The smallest absolute Gasteiger partial charge is 0.242 e. The Morgan fingerprint density at radius 1 is 1.43 bits per heavy atom. The van der Waals surface area contributed by atoms with E-state index in [4.69, 9.17) is 5.73 Å². The van der Waals surface area contributed by atoms with Gasteiger partial charge in [-0.25, -0.2) is 13.1 Å². The van der Waals surface area contributed by atoms with Gasteiger partial charge in [0.2, 0.25) is 10.0 Å². The van der Waals surface area contributed by atoms with Crippen LogP contribution in [0.2, 0.25) is 0 Å². The summed E-state index contributed by atoms with van der Waals surface area (Å²) in [5.74, 6) is 0. The molecule has 0 amide bonds. The number of nitrogen functional groups attached to an aromatic ring is 1. The standard InChI is InChI=1S/C14H24N4O2S/c1-16-21(19,20)14-7-6-11(9-13(14)15)18-8-4-5-12(18)10-17(2)3/h6-7,9,12,16H,4-5,8,10,15H2,1-3H3. The Balaban J connectivity index is 2.28. The third-order valence-electron chi connectivity index (χ3n) is 3.84. The fraction of sp³-hybridized carbons (Fsp3) is 0.571. The van der Waals surface area contributed by atoms with Crippen LogP contribution >= 0.6 is 0 Å². The summed E-state index contributed by atoms with van der Waals surface area (Å²) in [6, 6.07) is 5.64. The van der Waals surface area contributed by atoms with Crippen molar-refractivity contribution >= 4 is 21.4 Å². The minimum absolute atomic E-state index is 0.136. The van der Waals surface area contributed by atoms with Crippen molar-refractivity contribution in [1.82, 2.24) is 9.62 Å². The van der Waals surface area contributed by atoms with Gasteiger partial charge in [0.25, 0.3) is 0 Å². The van der Waals surface area contributed by atoms with Crippen molar-refractivity contribution in [3.63, 3.8) is 0 Å². The third-order valence-corrected chi connectivity index (χ3v) is 5.32. The topological polar surface area (TPSA) is 78.7 Å². The van der Waals surface area contributed by atoms with Crippen LogP contribution in [0.15, 0.2) is 23.1 Å². The number of anilines is 2. The molecule has 0 bridgehead atoms. The normalized spacial score (nSPS) is 19.4. The fourth-order valence-electron chi connectivity index (χ4n) is 2.86. The molecule has 0 aliphatic carbocycles. The summed E-state index contributed by atoms with van der Waals surface area (Å²) >= 11 is 0. The highest BCUT2D eigenvalue weighted by Gasteiger charge is 2.26. The highest BCUT2D eigenvalue weighted by Crippen LogP contribution is 2.30. The molecule has 0 aromatic heterocycles. The van der Waals surface area contributed by atoms with Gasteiger partial charge >= 0.3 is 0 Å². The molecular weight excluding hydrogens is 288 g/mol. The number of nitrogens with two attached hydrogens (primary N) is 1. The van der Waals surface area contributed by atoms with E-state index in [9.17, 15) is 8.42 Å². The molecule has 1 atom stereocenters. The molecule has 1 aliphatic rings. The maximum atomic E-state index is 11.9. The van der Waals surface area contributed by atoms with E-state index in [0.29, 0.717) is 6.04 Å². The van der Waals surface area contributed by atoms with Crippen molar-refractivity contribution < 1.29 is 8.42 Å². The number of sulfonamides is 1. The molecule has 1 heterocycles. The van der Waals surface area contributed by atoms with Crippen molar-refractivity contribution in [3.8, 4) is 0 Å². The Hall–Kier alpha value is -1.31. The van der Waals surface area contributed by atoms with Crippen molar-refractivity contribution in [1.29, 1.82) is 0 Å². The molecule has 1 unspecified atom stereocenters. The van der Waals surface area contributed by atoms with Crippen molar-refractivity contribution in [2.24, 2.45) is 0 Å². The lowest BCUT2D eigenvalue weighted by Gasteiger charge is -2.29. The molecule has 1 aliphatic heterocycles. The van der Waals surface area contributed by atoms with Crippen LogP contribution in [0.25, 0.3) is 0 Å². The monoisotopic (exact) mass is 312 g/mol. The fourth-order valence-corrected chi connectivity index (χ4v) is 3.69. The van der Waals surface area contributed by atoms with Crippen LogP contribution in [0.4, 0.5) is 11.4 Å². The first-order valence-corrected chi connectivity index (χ1v) is 8.58. The average Bonchev–Trinajstić information content (AvgIpc) is 2.85. The van der Waals surface area contributed by atoms with Gasteiger partial charge in [-0.1, -0.05) is 0 Å². The van der Waals surface area contributed by atoms with Crippen LogP contribution in [0.5, 0.6) is 0 Å². The molecule has 6 nitrogen and oxygen atoms in total. The van der Waals surface area contributed by atoms with Gasteiger partial charge in [0.1, 0.15) is 4.90 Å². The number of hydrogen-bond donors (Lipinski definition) is 2. The summed E-state index contributed by atoms with van der Waals surface area (Å²) in [5, 5.41) is 0. The van der Waals surface area contributed by atoms with Crippen LogP contribution in [0.1, 0.15) is 12.8 Å². The number of likely N-dealkylation sites (N-methyl/N-ethyl adjacent to an activating group) is 1. The second-order valence-electron chi connectivity index (χ2n) is 5.68. The summed E-state index contributed by atoms with van der Waals surface area (Å²) in [6.07, 6.45) is 2.30. The summed E-state index contributed by atoms with van der Waals surface area (Å²) < 4.78 is 26.0. The van der Waals surface area contributed by atoms with Crippen LogP contribution in [0.3, 0.4) is 0 Å². The number of benzene rings is 1. The van der Waals surface area contributed by atoms with Gasteiger partial charge in [0.05, 0.1) is 5.69 Å². The predicted molar refractivity (Wildman–Crippen MR) is 86.0 cm³/mol. The number of hydrogen-bond acceptors (Lipinski definition) is 5. The van der Waals surface area contributed by atoms with Gasteiger partial charge in [-0.05, 0) is 52.2 Å². The van der Waals surface area contributed by atoms with E-state index < -0.39 is 10.0 Å². The number of rotatable bonds is 5. The molecule has 7 heteroatoms. The molecule has 2 rings (SSSR count). The van der Waals surface area contributed by atoms with E-state index >= 15 is 0 Å². The van der Waals surface area contributed by atoms with E-state index in [-0.39, 0.29) is 10.6 Å². The van der Waals surface area contributed by atoms with E-state index in [2.05, 4.69) is 28.6 Å². The molecule has 1 saturated heterocycles. The molecule has 1 aromatic carbocycles. The molecule has 0 spiro atoms. The highest BCUT2D eigenvalue weighted by atomic mass is 32.2. The molecule has 0 saturated carbocycles. The van der Waals surface area contributed by atoms with Crippen molar-refractivity contribution in [3.05, 3.63) is 18.2 Å². The molecule has 21 heavy (non-hydrogen) atoms. The SMILES string of the molecule is CNS(=O)(=O)c1ccc(N2CCCC2CN(C)C)cc1N. The number of nitrogens with zero attached hydrogens (tertiary/aromatic N) is 2. The summed E-state index contributed by atoms with van der Waals surface area (Å²) in [7, 11) is 2.01. The van der Waals surface area contributed by atoms with Gasteiger partial charge in [-0.3, -0.25) is 0 Å². The van der Waals surface area contributed by atoms with Crippen LogP contribution < -0.4 is 15.4 Å². The maximum absolute atomic E-state index is 11.9. The lowest BCUT2D eigenvalue weighted by molar-refractivity contribution is 0.372. The quantitative estimate of drug-likeness (QED) is 0.783. The molecule has 118 valence electrons. The zero-order valence-corrected chi connectivity index (χ0v) is 13.7. The van der Waals surface area contributed by atoms with E-state index in [1.54, 1.807) is 12.1 Å². The largest absolute Gasteiger partial charge is 0.398 e. The molecule has 1 aromatic rings. The van der Waals surface area contributed by atoms with Gasteiger partial charge < -0.3 is 15.5 Å². The third kappa shape index (κ3) is 3.48. The Bertz CT molecular complexity index is 601. The lowest BCUT2D eigenvalue weighted by Crippen LogP contribution is -2.37. The second kappa shape index (κ2) is 6.21. The predicted octanol–water partition coefficient (Wildman–Crippen LogP) is 0.707. The van der Waals surface area contributed by atoms with Crippen molar-refractivity contribution in [2.45, 2.75) is 23.8 Å². The highest BCUT2D eigenvalue weighted by molar-refractivity contribution is 7.89. The minimum atomic E-state index is -3.50. The number of nitrogens with one attached hydrogen (secondary N) is 1. The minimum Gasteiger partial charge on any atom is -0.398 e.